The summed E-state index contributed by atoms with van der Waals surface area (Å²) in [5, 5.41) is 0. The molecule has 0 saturated heterocycles. The monoisotopic (exact) mass is 458 g/mol. The maximum absolute atomic E-state index is 12.1. The van der Waals surface area contributed by atoms with Gasteiger partial charge in [0.05, 0.1) is 13.7 Å². The van der Waals surface area contributed by atoms with E-state index in [2.05, 4.69) is 30.3 Å². The molecule has 0 aliphatic heterocycles. The van der Waals surface area contributed by atoms with Crippen LogP contribution >= 0.6 is 0 Å². The standard InChI is InChI=1S/C29H30O5/c1-4-32-27(29(30)33-5-2)19-20-13-15-21(16-14-20)34-18-17-23-22-9-6-7-10-24(22)28-25(23)11-8-12-26(28)31-3/h6-17,27H,4-5,18-19H2,1-3H3. The van der Waals surface area contributed by atoms with Crippen molar-refractivity contribution in [2.75, 3.05) is 26.9 Å². The van der Waals surface area contributed by atoms with E-state index in [9.17, 15) is 4.79 Å². The third-order valence-corrected chi connectivity index (χ3v) is 5.82. The molecule has 4 rings (SSSR count). The van der Waals surface area contributed by atoms with E-state index < -0.39 is 6.10 Å². The second-order valence-corrected chi connectivity index (χ2v) is 7.90. The number of ether oxygens (including phenoxy) is 4. The molecule has 0 spiro atoms. The number of benzene rings is 3. The number of carbonyl (C=O) groups is 1. The molecule has 3 aromatic rings. The molecule has 0 radical (unpaired) electrons. The molecular weight excluding hydrogens is 428 g/mol. The summed E-state index contributed by atoms with van der Waals surface area (Å²) in [4.78, 5) is 12.1. The second kappa shape index (κ2) is 11.0. The van der Waals surface area contributed by atoms with Crippen LogP contribution in [0.1, 0.15) is 30.5 Å². The zero-order valence-electron chi connectivity index (χ0n) is 19.9. The van der Waals surface area contributed by atoms with E-state index in [4.69, 9.17) is 18.9 Å². The van der Waals surface area contributed by atoms with Crippen LogP contribution in [0.3, 0.4) is 0 Å². The van der Waals surface area contributed by atoms with E-state index in [-0.39, 0.29) is 5.97 Å². The van der Waals surface area contributed by atoms with Crippen molar-refractivity contribution in [1.82, 2.24) is 0 Å². The van der Waals surface area contributed by atoms with E-state index in [0.717, 1.165) is 33.8 Å². The zero-order chi connectivity index (χ0) is 23.9. The van der Waals surface area contributed by atoms with Crippen molar-refractivity contribution in [3.05, 3.63) is 89.5 Å². The maximum atomic E-state index is 12.1. The molecule has 34 heavy (non-hydrogen) atoms. The topological polar surface area (TPSA) is 54.0 Å². The molecule has 3 aromatic carbocycles. The minimum absolute atomic E-state index is 0.329. The minimum Gasteiger partial charge on any atom is -0.496 e. The Balaban J connectivity index is 1.46. The summed E-state index contributed by atoms with van der Waals surface area (Å²) in [5.74, 6) is 1.31. The molecule has 0 fully saturated rings. The number of rotatable bonds is 10. The molecule has 0 bridgehead atoms. The molecular formula is C29H30O5. The van der Waals surface area contributed by atoms with Gasteiger partial charge in [0.25, 0.3) is 0 Å². The Morgan fingerprint density at radius 2 is 1.62 bits per heavy atom. The molecule has 0 saturated carbocycles. The quantitative estimate of drug-likeness (QED) is 0.286. The van der Waals surface area contributed by atoms with Crippen molar-refractivity contribution in [2.45, 2.75) is 26.4 Å². The first-order chi connectivity index (χ1) is 16.7. The van der Waals surface area contributed by atoms with Crippen LogP contribution in [0.5, 0.6) is 11.5 Å². The SMILES string of the molecule is CCOC(=O)C(Cc1ccc(OCC=C2c3ccccc3-c3c(OC)cccc32)cc1)OCC. The van der Waals surface area contributed by atoms with Crippen molar-refractivity contribution >= 4 is 11.5 Å². The number of fused-ring (bicyclic) bond motifs is 3. The fourth-order valence-electron chi connectivity index (χ4n) is 4.31. The van der Waals surface area contributed by atoms with Gasteiger partial charge in [-0.15, -0.1) is 0 Å². The molecule has 1 aliphatic rings. The van der Waals surface area contributed by atoms with Gasteiger partial charge in [0.15, 0.2) is 6.10 Å². The lowest BCUT2D eigenvalue weighted by molar-refractivity contribution is -0.156. The summed E-state index contributed by atoms with van der Waals surface area (Å²) in [5.41, 5.74) is 6.78. The van der Waals surface area contributed by atoms with Crippen molar-refractivity contribution < 1.29 is 23.7 Å². The predicted octanol–water partition coefficient (Wildman–Crippen LogP) is 5.70. The van der Waals surface area contributed by atoms with Gasteiger partial charge < -0.3 is 18.9 Å². The number of esters is 1. The molecule has 1 aliphatic carbocycles. The Labute approximate surface area is 200 Å². The second-order valence-electron chi connectivity index (χ2n) is 7.90. The Hall–Kier alpha value is -3.57. The number of hydrogen-bond donors (Lipinski definition) is 0. The van der Waals surface area contributed by atoms with E-state index in [0.29, 0.717) is 26.2 Å². The number of hydrogen-bond acceptors (Lipinski definition) is 5. The zero-order valence-corrected chi connectivity index (χ0v) is 19.9. The summed E-state index contributed by atoms with van der Waals surface area (Å²) >= 11 is 0. The average molecular weight is 459 g/mol. The van der Waals surface area contributed by atoms with Gasteiger partial charge in [0.1, 0.15) is 18.1 Å². The average Bonchev–Trinajstić information content (AvgIpc) is 3.19. The fourth-order valence-corrected chi connectivity index (χ4v) is 4.31. The van der Waals surface area contributed by atoms with Crippen LogP contribution in [-0.4, -0.2) is 39.0 Å². The van der Waals surface area contributed by atoms with E-state index in [1.165, 1.54) is 11.1 Å². The summed E-state index contributed by atoms with van der Waals surface area (Å²) in [6, 6.07) is 22.2. The lowest BCUT2D eigenvalue weighted by atomic mass is 10.0. The van der Waals surface area contributed by atoms with E-state index in [1.54, 1.807) is 14.0 Å². The van der Waals surface area contributed by atoms with Gasteiger partial charge in [-0.05, 0) is 65.9 Å². The first-order valence-electron chi connectivity index (χ1n) is 11.6. The molecule has 0 amide bonds. The Morgan fingerprint density at radius 1 is 0.882 bits per heavy atom. The van der Waals surface area contributed by atoms with Crippen LogP contribution in [0.25, 0.3) is 16.7 Å². The molecule has 0 N–H and O–H groups in total. The van der Waals surface area contributed by atoms with Gasteiger partial charge in [-0.25, -0.2) is 4.79 Å². The van der Waals surface area contributed by atoms with Crippen LogP contribution in [-0.2, 0) is 20.7 Å². The lowest BCUT2D eigenvalue weighted by Gasteiger charge is -2.15. The summed E-state index contributed by atoms with van der Waals surface area (Å²) in [6.07, 6.45) is 1.98. The van der Waals surface area contributed by atoms with Crippen LogP contribution in [0.15, 0.2) is 72.8 Å². The first-order valence-corrected chi connectivity index (χ1v) is 11.6. The molecule has 5 nitrogen and oxygen atoms in total. The van der Waals surface area contributed by atoms with Gasteiger partial charge in [0.2, 0.25) is 0 Å². The lowest BCUT2D eigenvalue weighted by Crippen LogP contribution is -2.28. The van der Waals surface area contributed by atoms with Crippen molar-refractivity contribution in [3.63, 3.8) is 0 Å². The van der Waals surface area contributed by atoms with Gasteiger partial charge in [-0.2, -0.15) is 0 Å². The third-order valence-electron chi connectivity index (χ3n) is 5.82. The maximum Gasteiger partial charge on any atom is 0.335 e. The van der Waals surface area contributed by atoms with E-state index in [1.807, 2.05) is 49.4 Å². The summed E-state index contributed by atoms with van der Waals surface area (Å²) in [6.45, 7) is 4.89. The van der Waals surface area contributed by atoms with Crippen LogP contribution in [0.4, 0.5) is 0 Å². The minimum atomic E-state index is -0.596. The summed E-state index contributed by atoms with van der Waals surface area (Å²) < 4.78 is 22.3. The highest BCUT2D eigenvalue weighted by molar-refractivity contribution is 6.03. The van der Waals surface area contributed by atoms with Crippen LogP contribution in [0, 0.1) is 0 Å². The first kappa shape index (κ1) is 23.6. The number of methoxy groups -OCH3 is 1. The Bertz CT molecular complexity index is 1160. The van der Waals surface area contributed by atoms with Crippen molar-refractivity contribution in [1.29, 1.82) is 0 Å². The smallest absolute Gasteiger partial charge is 0.335 e. The van der Waals surface area contributed by atoms with Gasteiger partial charge in [-0.3, -0.25) is 0 Å². The molecule has 0 heterocycles. The Kier molecular flexibility index (Phi) is 7.65. The number of carbonyl (C=O) groups excluding carboxylic acids is 1. The molecule has 5 heteroatoms. The Morgan fingerprint density at radius 3 is 2.32 bits per heavy atom. The molecule has 176 valence electrons. The van der Waals surface area contributed by atoms with Gasteiger partial charge in [-0.1, -0.05) is 48.5 Å². The third kappa shape index (κ3) is 5.00. The van der Waals surface area contributed by atoms with Crippen molar-refractivity contribution in [2.24, 2.45) is 0 Å². The fraction of sp³-hybridized carbons (Fsp3) is 0.276. The molecule has 1 atom stereocenters. The van der Waals surface area contributed by atoms with Crippen LogP contribution < -0.4 is 9.47 Å². The van der Waals surface area contributed by atoms with Crippen molar-refractivity contribution in [3.8, 4) is 22.6 Å². The molecule has 0 aromatic heterocycles. The highest BCUT2D eigenvalue weighted by atomic mass is 16.6. The highest BCUT2D eigenvalue weighted by Crippen LogP contribution is 2.48. The van der Waals surface area contributed by atoms with E-state index >= 15 is 0 Å². The highest BCUT2D eigenvalue weighted by Gasteiger charge is 2.25. The predicted molar refractivity (Wildman–Crippen MR) is 133 cm³/mol. The largest absolute Gasteiger partial charge is 0.496 e. The van der Waals surface area contributed by atoms with Gasteiger partial charge in [0, 0.05) is 18.6 Å². The van der Waals surface area contributed by atoms with Crippen LogP contribution in [0.2, 0.25) is 0 Å². The molecule has 1 unspecified atom stereocenters. The normalized spacial score (nSPS) is 13.8. The summed E-state index contributed by atoms with van der Waals surface area (Å²) in [7, 11) is 1.70. The van der Waals surface area contributed by atoms with Gasteiger partial charge >= 0.3 is 5.97 Å².